The molecule has 1 aromatic carbocycles. The number of amides is 2. The molecule has 0 saturated carbocycles. The van der Waals surface area contributed by atoms with Gasteiger partial charge in [0.2, 0.25) is 0 Å². The van der Waals surface area contributed by atoms with Gasteiger partial charge >= 0.3 is 12.1 Å². The molecular formula is C18H17F3N2O5. The third-order valence-corrected chi connectivity index (χ3v) is 3.49. The predicted octanol–water partition coefficient (Wildman–Crippen LogP) is 2.22. The minimum Gasteiger partial charge on any atom is -0.452 e. The monoisotopic (exact) mass is 398 g/mol. The minimum absolute atomic E-state index is 0.0983. The van der Waals surface area contributed by atoms with Gasteiger partial charge < -0.3 is 14.0 Å². The van der Waals surface area contributed by atoms with Gasteiger partial charge in [0.05, 0.1) is 12.2 Å². The second-order valence-corrected chi connectivity index (χ2v) is 5.76. The smallest absolute Gasteiger partial charge is 0.411 e. The Morgan fingerprint density at radius 3 is 2.36 bits per heavy atom. The first-order chi connectivity index (χ1) is 13.2. The van der Waals surface area contributed by atoms with Gasteiger partial charge in [-0.05, 0) is 29.8 Å². The van der Waals surface area contributed by atoms with Crippen LogP contribution in [0.15, 0.2) is 42.6 Å². The number of aromatic nitrogens is 1. The lowest BCUT2D eigenvalue weighted by Crippen LogP contribution is -2.35. The lowest BCUT2D eigenvalue weighted by atomic mass is 10.1. The van der Waals surface area contributed by atoms with Gasteiger partial charge in [0.15, 0.2) is 6.61 Å². The summed E-state index contributed by atoms with van der Waals surface area (Å²) in [5.41, 5.74) is 0.802. The van der Waals surface area contributed by atoms with Crippen LogP contribution in [0.25, 0.3) is 0 Å². The molecular weight excluding hydrogens is 381 g/mol. The van der Waals surface area contributed by atoms with Crippen molar-refractivity contribution >= 4 is 17.8 Å². The van der Waals surface area contributed by atoms with E-state index in [1.165, 1.54) is 34.9 Å². The van der Waals surface area contributed by atoms with Crippen LogP contribution in [0, 0.1) is 0 Å². The number of nitrogens with one attached hydrogen (secondary N) is 1. The van der Waals surface area contributed by atoms with E-state index in [0.29, 0.717) is 5.56 Å². The van der Waals surface area contributed by atoms with E-state index in [0.717, 1.165) is 0 Å². The molecule has 0 fully saturated rings. The van der Waals surface area contributed by atoms with Crippen molar-refractivity contribution in [3.05, 3.63) is 59.4 Å². The van der Waals surface area contributed by atoms with Crippen molar-refractivity contribution in [3.63, 3.8) is 0 Å². The van der Waals surface area contributed by atoms with E-state index in [2.05, 4.69) is 10.1 Å². The van der Waals surface area contributed by atoms with Crippen LogP contribution in [0.3, 0.4) is 0 Å². The Bertz CT molecular complexity index is 844. The minimum atomic E-state index is -4.41. The normalized spacial score (nSPS) is 11.1. The van der Waals surface area contributed by atoms with Crippen LogP contribution in [0.1, 0.15) is 26.4 Å². The molecule has 1 N–H and O–H groups in total. The molecule has 0 spiro atoms. The number of rotatable bonds is 7. The van der Waals surface area contributed by atoms with Gasteiger partial charge in [0.1, 0.15) is 12.3 Å². The summed E-state index contributed by atoms with van der Waals surface area (Å²) in [5.74, 6) is -2.24. The van der Waals surface area contributed by atoms with Crippen LogP contribution in [0.4, 0.5) is 13.2 Å². The second-order valence-electron chi connectivity index (χ2n) is 5.76. The number of aryl methyl sites for hydroxylation is 1. The summed E-state index contributed by atoms with van der Waals surface area (Å²) in [6, 6.07) is 8.65. The number of hydrogen-bond donors (Lipinski definition) is 1. The molecule has 0 saturated heterocycles. The highest BCUT2D eigenvalue weighted by Gasteiger charge is 2.27. The number of hydrogen-bond acceptors (Lipinski definition) is 5. The number of alkyl halides is 3. The highest BCUT2D eigenvalue weighted by Crippen LogP contribution is 2.16. The van der Waals surface area contributed by atoms with E-state index in [4.69, 9.17) is 4.74 Å². The quantitative estimate of drug-likeness (QED) is 0.723. The topological polar surface area (TPSA) is 86.6 Å². The Morgan fingerprint density at radius 1 is 1.11 bits per heavy atom. The average Bonchev–Trinajstić information content (AvgIpc) is 3.05. The van der Waals surface area contributed by atoms with E-state index >= 15 is 0 Å². The lowest BCUT2D eigenvalue weighted by Gasteiger charge is -2.08. The molecule has 150 valence electrons. The summed E-state index contributed by atoms with van der Waals surface area (Å²) in [7, 11) is 1.64. The molecule has 10 heteroatoms. The molecule has 0 atom stereocenters. The number of esters is 1. The standard InChI is InChI=1S/C18H17F3N2O5/c1-23-8-2-3-14(23)16(25)22-15(24)10-28-17(26)13-6-4-12(5-7-13)9-27-11-18(19,20)21/h2-8H,9-11H2,1H3,(H,22,24,25). The number of nitrogens with zero attached hydrogens (tertiary/aromatic N) is 1. The van der Waals surface area contributed by atoms with Crippen LogP contribution in [0.2, 0.25) is 0 Å². The molecule has 0 unspecified atom stereocenters. The van der Waals surface area contributed by atoms with Gasteiger partial charge in [-0.25, -0.2) is 4.79 Å². The third-order valence-electron chi connectivity index (χ3n) is 3.49. The maximum absolute atomic E-state index is 12.0. The van der Waals surface area contributed by atoms with Crippen LogP contribution in [-0.4, -0.2) is 41.7 Å². The summed E-state index contributed by atoms with van der Waals surface area (Å²) < 4.78 is 46.9. The van der Waals surface area contributed by atoms with Gasteiger partial charge in [0, 0.05) is 13.2 Å². The average molecular weight is 398 g/mol. The summed E-state index contributed by atoms with van der Waals surface area (Å²) in [5, 5.41) is 2.09. The first-order valence-electron chi connectivity index (χ1n) is 8.02. The molecule has 7 nitrogen and oxygen atoms in total. The summed E-state index contributed by atoms with van der Waals surface area (Å²) in [4.78, 5) is 35.5. The summed E-state index contributed by atoms with van der Waals surface area (Å²) in [6.07, 6.45) is -2.77. The van der Waals surface area contributed by atoms with E-state index in [1.54, 1.807) is 19.3 Å². The number of ether oxygens (including phenoxy) is 2. The zero-order valence-corrected chi connectivity index (χ0v) is 14.8. The number of halogens is 3. The molecule has 0 bridgehead atoms. The Hall–Kier alpha value is -3.14. The zero-order chi connectivity index (χ0) is 20.7. The third kappa shape index (κ3) is 6.54. The molecule has 1 aromatic heterocycles. The molecule has 0 radical (unpaired) electrons. The van der Waals surface area contributed by atoms with E-state index in [1.807, 2.05) is 0 Å². The van der Waals surface area contributed by atoms with Crippen LogP contribution in [0.5, 0.6) is 0 Å². The molecule has 28 heavy (non-hydrogen) atoms. The van der Waals surface area contributed by atoms with Crippen LogP contribution in [-0.2, 0) is 27.9 Å². The summed E-state index contributed by atoms with van der Waals surface area (Å²) in [6.45, 7) is -2.29. The van der Waals surface area contributed by atoms with Crippen LogP contribution >= 0.6 is 0 Å². The number of benzene rings is 1. The van der Waals surface area contributed by atoms with Crippen molar-refractivity contribution in [2.24, 2.45) is 7.05 Å². The van der Waals surface area contributed by atoms with Crippen molar-refractivity contribution in [3.8, 4) is 0 Å². The Kier molecular flexibility index (Phi) is 6.94. The first kappa shape index (κ1) is 21.2. The molecule has 2 rings (SSSR count). The molecule has 0 aliphatic heterocycles. The lowest BCUT2D eigenvalue weighted by molar-refractivity contribution is -0.176. The molecule has 1 heterocycles. The fourth-order valence-electron chi connectivity index (χ4n) is 2.16. The number of imide groups is 1. The largest absolute Gasteiger partial charge is 0.452 e. The second kappa shape index (κ2) is 9.18. The Labute approximate surface area is 158 Å². The SMILES string of the molecule is Cn1cccc1C(=O)NC(=O)COC(=O)c1ccc(COCC(F)(F)F)cc1. The van der Waals surface area contributed by atoms with Gasteiger partial charge in [0.25, 0.3) is 11.8 Å². The maximum Gasteiger partial charge on any atom is 0.411 e. The molecule has 2 aromatic rings. The Morgan fingerprint density at radius 2 is 1.79 bits per heavy atom. The van der Waals surface area contributed by atoms with Crippen LogP contribution < -0.4 is 5.32 Å². The van der Waals surface area contributed by atoms with Crippen molar-refractivity contribution in [2.75, 3.05) is 13.2 Å². The highest BCUT2D eigenvalue weighted by atomic mass is 19.4. The van der Waals surface area contributed by atoms with Crippen molar-refractivity contribution in [1.29, 1.82) is 0 Å². The fourth-order valence-corrected chi connectivity index (χ4v) is 2.16. The van der Waals surface area contributed by atoms with Crippen molar-refractivity contribution < 1.29 is 37.0 Å². The summed E-state index contributed by atoms with van der Waals surface area (Å²) >= 11 is 0. The van der Waals surface area contributed by atoms with Crippen molar-refractivity contribution in [1.82, 2.24) is 9.88 Å². The maximum atomic E-state index is 12.0. The zero-order valence-electron chi connectivity index (χ0n) is 14.8. The van der Waals surface area contributed by atoms with E-state index < -0.39 is 37.2 Å². The van der Waals surface area contributed by atoms with Crippen molar-refractivity contribution in [2.45, 2.75) is 12.8 Å². The molecule has 0 aliphatic rings. The van der Waals surface area contributed by atoms with Gasteiger partial charge in [-0.15, -0.1) is 0 Å². The van der Waals surface area contributed by atoms with E-state index in [9.17, 15) is 27.6 Å². The van der Waals surface area contributed by atoms with Gasteiger partial charge in [-0.1, -0.05) is 12.1 Å². The van der Waals surface area contributed by atoms with E-state index in [-0.39, 0.29) is 17.9 Å². The first-order valence-corrected chi connectivity index (χ1v) is 8.02. The van der Waals surface area contributed by atoms with Gasteiger partial charge in [-0.2, -0.15) is 13.2 Å². The predicted molar refractivity (Wildman–Crippen MR) is 90.3 cm³/mol. The number of carbonyl (C=O) groups excluding carboxylic acids is 3. The number of carbonyl (C=O) groups is 3. The highest BCUT2D eigenvalue weighted by molar-refractivity contribution is 6.04. The van der Waals surface area contributed by atoms with Gasteiger partial charge in [-0.3, -0.25) is 14.9 Å². The molecule has 2 amide bonds. The fraction of sp³-hybridized carbons (Fsp3) is 0.278. The molecule has 0 aliphatic carbocycles. The Balaban J connectivity index is 1.78.